The number of hydrogen-bond donors (Lipinski definition) is 1. The number of nitrogens with zero attached hydrogens (tertiary/aromatic N) is 2. The fraction of sp³-hybridized carbons (Fsp3) is 0.143. The van der Waals surface area contributed by atoms with Gasteiger partial charge >= 0.3 is 0 Å². The number of benzene rings is 2. The predicted octanol–water partition coefficient (Wildman–Crippen LogP) is 4.66. The van der Waals surface area contributed by atoms with Gasteiger partial charge in [0.2, 0.25) is 0 Å². The van der Waals surface area contributed by atoms with E-state index in [0.29, 0.717) is 5.69 Å². The Hall–Kier alpha value is -3.34. The zero-order valence-corrected chi connectivity index (χ0v) is 14.6. The van der Waals surface area contributed by atoms with Crippen molar-refractivity contribution in [3.63, 3.8) is 0 Å². The summed E-state index contributed by atoms with van der Waals surface area (Å²) in [5, 5.41) is 8.14. The molecule has 4 rings (SSSR count). The van der Waals surface area contributed by atoms with Gasteiger partial charge in [-0.1, -0.05) is 48.5 Å². The minimum absolute atomic E-state index is 0.132. The van der Waals surface area contributed by atoms with Crippen molar-refractivity contribution in [1.82, 2.24) is 15.1 Å². The number of H-pyrrole nitrogens is 1. The predicted molar refractivity (Wildman–Crippen MR) is 101 cm³/mol. The first kappa shape index (κ1) is 16.1. The van der Waals surface area contributed by atoms with Crippen LogP contribution < -0.4 is 0 Å². The first-order chi connectivity index (χ1) is 12.6. The summed E-state index contributed by atoms with van der Waals surface area (Å²) in [7, 11) is 1.77. The number of fused-ring (bicyclic) bond motifs is 1. The summed E-state index contributed by atoms with van der Waals surface area (Å²) in [5.74, 6) is 0.623. The Balaban J connectivity index is 1.56. The Labute approximate surface area is 151 Å². The van der Waals surface area contributed by atoms with E-state index in [1.165, 1.54) is 0 Å². The third-order valence-corrected chi connectivity index (χ3v) is 4.64. The molecule has 0 saturated heterocycles. The highest BCUT2D eigenvalue weighted by atomic mass is 16.3. The van der Waals surface area contributed by atoms with Crippen LogP contribution in [0.4, 0.5) is 0 Å². The molecule has 0 aliphatic carbocycles. The number of rotatable bonds is 4. The molecule has 0 unspecified atom stereocenters. The molecule has 0 fully saturated rings. The number of hydrogen-bond acceptors (Lipinski definition) is 3. The second-order valence-corrected chi connectivity index (χ2v) is 6.31. The SMILES string of the molecule is C[C@@H](c1cc2ccccc2o1)N(C)C(=O)c1cc(-c2ccccc2)n[nH]1. The van der Waals surface area contributed by atoms with E-state index >= 15 is 0 Å². The number of furan rings is 1. The Morgan fingerprint density at radius 3 is 2.58 bits per heavy atom. The largest absolute Gasteiger partial charge is 0.459 e. The van der Waals surface area contributed by atoms with E-state index in [0.717, 1.165) is 28.0 Å². The molecule has 0 saturated carbocycles. The maximum atomic E-state index is 12.8. The van der Waals surface area contributed by atoms with Crippen molar-refractivity contribution in [3.05, 3.63) is 78.2 Å². The van der Waals surface area contributed by atoms with Crippen molar-refractivity contribution in [2.45, 2.75) is 13.0 Å². The van der Waals surface area contributed by atoms with E-state index in [9.17, 15) is 4.79 Å². The highest BCUT2D eigenvalue weighted by Gasteiger charge is 2.23. The molecule has 0 radical (unpaired) electrons. The van der Waals surface area contributed by atoms with Gasteiger partial charge < -0.3 is 9.32 Å². The topological polar surface area (TPSA) is 62.1 Å². The molecular weight excluding hydrogens is 326 g/mol. The van der Waals surface area contributed by atoms with Crippen LogP contribution >= 0.6 is 0 Å². The van der Waals surface area contributed by atoms with Crippen LogP contribution in [0.15, 0.2) is 71.1 Å². The van der Waals surface area contributed by atoms with Crippen molar-refractivity contribution >= 4 is 16.9 Å². The van der Waals surface area contributed by atoms with Crippen molar-refractivity contribution < 1.29 is 9.21 Å². The summed E-state index contributed by atoms with van der Waals surface area (Å²) >= 11 is 0. The van der Waals surface area contributed by atoms with Crippen molar-refractivity contribution in [2.75, 3.05) is 7.05 Å². The monoisotopic (exact) mass is 345 g/mol. The molecule has 2 aromatic heterocycles. The van der Waals surface area contributed by atoms with Gasteiger partial charge in [-0.2, -0.15) is 5.10 Å². The molecule has 1 amide bonds. The van der Waals surface area contributed by atoms with Gasteiger partial charge in [-0.3, -0.25) is 9.89 Å². The van der Waals surface area contributed by atoms with Gasteiger partial charge in [0, 0.05) is 18.0 Å². The summed E-state index contributed by atoms with van der Waals surface area (Å²) in [5.41, 5.74) is 2.99. The van der Waals surface area contributed by atoms with Gasteiger partial charge in [-0.15, -0.1) is 0 Å². The molecule has 1 N–H and O–H groups in total. The van der Waals surface area contributed by atoms with Gasteiger partial charge in [-0.25, -0.2) is 0 Å². The van der Waals surface area contributed by atoms with Crippen molar-refractivity contribution in [1.29, 1.82) is 0 Å². The summed E-state index contributed by atoms with van der Waals surface area (Å²) in [4.78, 5) is 14.5. The molecule has 2 aromatic carbocycles. The highest BCUT2D eigenvalue weighted by Crippen LogP contribution is 2.27. The average Bonchev–Trinajstić information content (AvgIpc) is 3.34. The molecule has 0 bridgehead atoms. The molecule has 0 aliphatic heterocycles. The number of amides is 1. The van der Waals surface area contributed by atoms with Gasteiger partial charge in [-0.05, 0) is 25.1 Å². The summed E-state index contributed by atoms with van der Waals surface area (Å²) < 4.78 is 5.89. The molecule has 4 aromatic rings. The Bertz CT molecular complexity index is 1020. The number of para-hydroxylation sites is 1. The van der Waals surface area contributed by atoms with Crippen LogP contribution in [0.5, 0.6) is 0 Å². The van der Waals surface area contributed by atoms with E-state index in [4.69, 9.17) is 4.42 Å². The number of aromatic amines is 1. The number of carbonyl (C=O) groups is 1. The molecule has 26 heavy (non-hydrogen) atoms. The Morgan fingerprint density at radius 2 is 1.81 bits per heavy atom. The van der Waals surface area contributed by atoms with Gasteiger partial charge in [0.1, 0.15) is 17.0 Å². The molecule has 5 heteroatoms. The zero-order valence-electron chi connectivity index (χ0n) is 14.6. The fourth-order valence-electron chi connectivity index (χ4n) is 2.95. The number of nitrogens with one attached hydrogen (secondary N) is 1. The molecule has 0 spiro atoms. The highest BCUT2D eigenvalue weighted by molar-refractivity contribution is 5.93. The lowest BCUT2D eigenvalue weighted by Gasteiger charge is -2.22. The molecule has 2 heterocycles. The van der Waals surface area contributed by atoms with Gasteiger partial charge in [0.25, 0.3) is 5.91 Å². The van der Waals surface area contributed by atoms with E-state index in [2.05, 4.69) is 10.2 Å². The maximum Gasteiger partial charge on any atom is 0.272 e. The van der Waals surface area contributed by atoms with Crippen LogP contribution in [0.2, 0.25) is 0 Å². The zero-order chi connectivity index (χ0) is 18.1. The van der Waals surface area contributed by atoms with Crippen LogP contribution in [0.3, 0.4) is 0 Å². The summed E-state index contributed by atoms with van der Waals surface area (Å²) in [6.07, 6.45) is 0. The quantitative estimate of drug-likeness (QED) is 0.585. The Morgan fingerprint density at radius 1 is 1.08 bits per heavy atom. The van der Waals surface area contributed by atoms with E-state index < -0.39 is 0 Å². The van der Waals surface area contributed by atoms with Crippen LogP contribution in [0.25, 0.3) is 22.2 Å². The summed E-state index contributed by atoms with van der Waals surface area (Å²) in [6.45, 7) is 1.95. The lowest BCUT2D eigenvalue weighted by Crippen LogP contribution is -2.29. The van der Waals surface area contributed by atoms with E-state index in [1.807, 2.05) is 67.6 Å². The van der Waals surface area contributed by atoms with Crippen LogP contribution in [-0.2, 0) is 0 Å². The fourth-order valence-corrected chi connectivity index (χ4v) is 2.95. The minimum Gasteiger partial charge on any atom is -0.459 e. The second-order valence-electron chi connectivity index (χ2n) is 6.31. The lowest BCUT2D eigenvalue weighted by molar-refractivity contribution is 0.0721. The first-order valence-corrected chi connectivity index (χ1v) is 8.50. The molecular formula is C21H19N3O2. The van der Waals surface area contributed by atoms with Crippen LogP contribution in [-0.4, -0.2) is 28.1 Å². The third-order valence-electron chi connectivity index (χ3n) is 4.64. The normalized spacial score (nSPS) is 12.2. The van der Waals surface area contributed by atoms with Crippen molar-refractivity contribution in [2.24, 2.45) is 0 Å². The molecule has 130 valence electrons. The second kappa shape index (κ2) is 6.52. The van der Waals surface area contributed by atoms with E-state index in [1.54, 1.807) is 18.0 Å². The third kappa shape index (κ3) is 2.88. The van der Waals surface area contributed by atoms with E-state index in [-0.39, 0.29) is 11.9 Å². The molecule has 5 nitrogen and oxygen atoms in total. The summed E-state index contributed by atoms with van der Waals surface area (Å²) in [6, 6.07) is 21.2. The minimum atomic E-state index is -0.196. The number of aromatic nitrogens is 2. The average molecular weight is 345 g/mol. The number of carbonyl (C=O) groups excluding carboxylic acids is 1. The van der Waals surface area contributed by atoms with Crippen LogP contribution in [0, 0.1) is 0 Å². The van der Waals surface area contributed by atoms with Gasteiger partial charge in [0.05, 0.1) is 11.7 Å². The smallest absolute Gasteiger partial charge is 0.272 e. The molecule has 0 aliphatic rings. The maximum absolute atomic E-state index is 12.8. The van der Waals surface area contributed by atoms with Gasteiger partial charge in [0.15, 0.2) is 0 Å². The standard InChI is InChI=1S/C21H19N3O2/c1-14(20-12-16-10-6-7-11-19(16)26-20)24(2)21(25)18-13-17(22-23-18)15-8-4-3-5-9-15/h3-14H,1-2H3,(H,22,23)/t14-/m0/s1. The Kier molecular flexibility index (Phi) is 4.05. The molecule has 1 atom stereocenters. The van der Waals surface area contributed by atoms with Crippen LogP contribution in [0.1, 0.15) is 29.2 Å². The lowest BCUT2D eigenvalue weighted by atomic mass is 10.1. The first-order valence-electron chi connectivity index (χ1n) is 8.50. The van der Waals surface area contributed by atoms with Crippen molar-refractivity contribution in [3.8, 4) is 11.3 Å².